The van der Waals surface area contributed by atoms with Gasteiger partial charge in [0.1, 0.15) is 11.4 Å². The van der Waals surface area contributed by atoms with Gasteiger partial charge in [0.2, 0.25) is 5.69 Å². The zero-order chi connectivity index (χ0) is 13.6. The van der Waals surface area contributed by atoms with Crippen LogP contribution in [0.1, 0.15) is 15.9 Å². The van der Waals surface area contributed by atoms with Gasteiger partial charge < -0.3 is 5.21 Å². The summed E-state index contributed by atoms with van der Waals surface area (Å²) in [4.78, 5) is 12.2. The summed E-state index contributed by atoms with van der Waals surface area (Å²) in [5.74, 6) is -0.753. The van der Waals surface area contributed by atoms with Crippen molar-refractivity contribution in [3.05, 3.63) is 69.1 Å². The van der Waals surface area contributed by atoms with E-state index in [4.69, 9.17) is 0 Å². The highest BCUT2D eigenvalue weighted by atomic mass is 79.9. The third kappa shape index (κ3) is 1.86. The van der Waals surface area contributed by atoms with E-state index in [-0.39, 0.29) is 11.5 Å². The number of fused-ring (bicyclic) bond motifs is 1. The highest BCUT2D eigenvalue weighted by Gasteiger charge is 2.36. The Balaban J connectivity index is 2.18. The Morgan fingerprint density at radius 3 is 2.47 bits per heavy atom. The molecular weight excluding hydrogens is 313 g/mol. The first-order valence-corrected chi connectivity index (χ1v) is 6.31. The summed E-state index contributed by atoms with van der Waals surface area (Å²) in [5, 5.41) is 12.2. The molecule has 0 aliphatic carbocycles. The smallest absolute Gasteiger partial charge is 0.272 e. The molecule has 0 fully saturated rings. The Morgan fingerprint density at radius 2 is 1.79 bits per heavy atom. The molecule has 0 unspecified atom stereocenters. The van der Waals surface area contributed by atoms with Gasteiger partial charge in [-0.1, -0.05) is 15.9 Å². The van der Waals surface area contributed by atoms with E-state index in [9.17, 15) is 14.4 Å². The molecule has 0 spiro atoms. The van der Waals surface area contributed by atoms with E-state index in [1.165, 1.54) is 24.3 Å². The Hall–Kier alpha value is -2.01. The predicted octanol–water partition coefficient (Wildman–Crippen LogP) is 3.42. The minimum Gasteiger partial charge on any atom is -0.618 e. The van der Waals surface area contributed by atoms with Crippen LogP contribution in [0.25, 0.3) is 0 Å². The van der Waals surface area contributed by atoms with Gasteiger partial charge in [-0.05, 0) is 36.4 Å². The molecule has 2 aromatic rings. The van der Waals surface area contributed by atoms with Crippen LogP contribution >= 0.6 is 15.9 Å². The average molecular weight is 320 g/mol. The Labute approximate surface area is 116 Å². The van der Waals surface area contributed by atoms with E-state index >= 15 is 0 Å². The largest absolute Gasteiger partial charge is 0.618 e. The molecule has 19 heavy (non-hydrogen) atoms. The van der Waals surface area contributed by atoms with E-state index in [0.29, 0.717) is 21.6 Å². The number of rotatable bonds is 1. The van der Waals surface area contributed by atoms with Gasteiger partial charge in [-0.25, -0.2) is 4.39 Å². The first-order valence-electron chi connectivity index (χ1n) is 5.52. The zero-order valence-electron chi connectivity index (χ0n) is 9.56. The van der Waals surface area contributed by atoms with Gasteiger partial charge in [-0.15, -0.1) is 0 Å². The quantitative estimate of drug-likeness (QED) is 0.597. The third-order valence-corrected chi connectivity index (χ3v) is 3.45. The van der Waals surface area contributed by atoms with Gasteiger partial charge in [0, 0.05) is 10.5 Å². The summed E-state index contributed by atoms with van der Waals surface area (Å²) in [5.41, 5.74) is 1.10. The Morgan fingerprint density at radius 1 is 1.11 bits per heavy atom. The summed E-state index contributed by atoms with van der Waals surface area (Å²) < 4.78 is 14.2. The fourth-order valence-electron chi connectivity index (χ4n) is 2.06. The molecule has 0 aromatic heterocycles. The predicted molar refractivity (Wildman–Crippen MR) is 72.3 cm³/mol. The van der Waals surface area contributed by atoms with Crippen molar-refractivity contribution in [2.75, 3.05) is 0 Å². The first kappa shape index (κ1) is 12.0. The lowest BCUT2D eigenvalue weighted by Gasteiger charge is -2.02. The van der Waals surface area contributed by atoms with Crippen molar-refractivity contribution in [2.24, 2.45) is 0 Å². The lowest BCUT2D eigenvalue weighted by molar-refractivity contribution is -0.355. The maximum absolute atomic E-state index is 12.9. The van der Waals surface area contributed by atoms with E-state index in [1.54, 1.807) is 18.2 Å². The molecule has 0 radical (unpaired) electrons. The molecule has 0 saturated carbocycles. The van der Waals surface area contributed by atoms with Crippen molar-refractivity contribution in [1.82, 2.24) is 0 Å². The molecule has 2 aromatic carbocycles. The molecule has 3 nitrogen and oxygen atoms in total. The van der Waals surface area contributed by atoms with Crippen LogP contribution in [0.3, 0.4) is 0 Å². The lowest BCUT2D eigenvalue weighted by Crippen LogP contribution is -2.16. The Kier molecular flexibility index (Phi) is 2.71. The number of hydrogen-bond donors (Lipinski definition) is 0. The van der Waals surface area contributed by atoms with Crippen LogP contribution in [0.15, 0.2) is 46.9 Å². The second kappa shape index (κ2) is 4.28. The molecule has 94 valence electrons. The fourth-order valence-corrected chi connectivity index (χ4v) is 2.41. The number of ketones is 1. The monoisotopic (exact) mass is 319 g/mol. The first-order chi connectivity index (χ1) is 9.08. The van der Waals surface area contributed by atoms with E-state index in [2.05, 4.69) is 15.9 Å². The highest BCUT2D eigenvalue weighted by molar-refractivity contribution is 9.10. The van der Waals surface area contributed by atoms with E-state index in [1.807, 2.05) is 0 Å². The van der Waals surface area contributed by atoms with Crippen molar-refractivity contribution in [2.45, 2.75) is 0 Å². The van der Waals surface area contributed by atoms with Crippen LogP contribution in [-0.2, 0) is 0 Å². The molecule has 0 amide bonds. The number of carbonyl (C=O) groups excluding carboxylic acids is 1. The van der Waals surface area contributed by atoms with Crippen molar-refractivity contribution in [1.29, 1.82) is 0 Å². The second-order valence-corrected chi connectivity index (χ2v) is 5.06. The van der Waals surface area contributed by atoms with Gasteiger partial charge >= 0.3 is 0 Å². The number of hydrogen-bond acceptors (Lipinski definition) is 2. The van der Waals surface area contributed by atoms with Crippen LogP contribution in [0.5, 0.6) is 0 Å². The van der Waals surface area contributed by atoms with Gasteiger partial charge in [0.25, 0.3) is 11.5 Å². The fraction of sp³-hybridized carbons (Fsp3) is 0. The van der Waals surface area contributed by atoms with Crippen LogP contribution in [-0.4, -0.2) is 16.2 Å². The van der Waals surface area contributed by atoms with Gasteiger partial charge in [0.15, 0.2) is 0 Å². The normalized spacial score (nSPS) is 13.9. The topological polar surface area (TPSA) is 43.1 Å². The standard InChI is InChI=1S/C14H7BrFNO2/c15-9-3-6-11-12(7-9)17(19)13(14(11)18)8-1-4-10(16)5-2-8/h1-7H. The van der Waals surface area contributed by atoms with Gasteiger partial charge in [-0.3, -0.25) is 4.79 Å². The molecule has 1 aliphatic rings. The number of halogens is 2. The highest BCUT2D eigenvalue weighted by Crippen LogP contribution is 2.30. The maximum Gasteiger partial charge on any atom is 0.272 e. The molecule has 3 rings (SSSR count). The molecule has 5 heteroatoms. The van der Waals surface area contributed by atoms with Crippen LogP contribution in [0.2, 0.25) is 0 Å². The van der Waals surface area contributed by atoms with Crippen molar-refractivity contribution in [3.8, 4) is 0 Å². The molecule has 1 heterocycles. The van der Waals surface area contributed by atoms with Crippen LogP contribution < -0.4 is 0 Å². The summed E-state index contributed by atoms with van der Waals surface area (Å²) in [6.45, 7) is 0. The minimum absolute atomic E-state index is 0.0214. The summed E-state index contributed by atoms with van der Waals surface area (Å²) in [6, 6.07) is 10.2. The number of nitrogens with zero attached hydrogens (tertiary/aromatic N) is 1. The van der Waals surface area contributed by atoms with E-state index < -0.39 is 5.82 Å². The molecule has 0 N–H and O–H groups in total. The van der Waals surface area contributed by atoms with Crippen molar-refractivity contribution < 1.29 is 13.9 Å². The zero-order valence-corrected chi connectivity index (χ0v) is 11.1. The molecule has 0 saturated heterocycles. The van der Waals surface area contributed by atoms with Crippen molar-refractivity contribution >= 4 is 33.1 Å². The van der Waals surface area contributed by atoms with Crippen molar-refractivity contribution in [3.63, 3.8) is 0 Å². The van der Waals surface area contributed by atoms with Gasteiger partial charge in [-0.2, -0.15) is 4.74 Å². The SMILES string of the molecule is O=C1C(c2ccc(F)cc2)=[N+]([O-])c2cc(Br)ccc21. The molecular formula is C14H7BrFNO2. The van der Waals surface area contributed by atoms with Crippen LogP contribution in [0.4, 0.5) is 10.1 Å². The Bertz CT molecular complexity index is 723. The number of Topliss-reactive ketones (excluding diaryl/α,β-unsaturated/α-hetero) is 1. The summed E-state index contributed by atoms with van der Waals surface area (Å²) in [6.07, 6.45) is 0. The van der Waals surface area contributed by atoms with E-state index in [0.717, 1.165) is 4.47 Å². The van der Waals surface area contributed by atoms with Crippen LogP contribution in [0, 0.1) is 11.0 Å². The molecule has 0 atom stereocenters. The second-order valence-electron chi connectivity index (χ2n) is 4.14. The summed E-state index contributed by atoms with van der Waals surface area (Å²) >= 11 is 3.26. The maximum atomic E-state index is 12.9. The lowest BCUT2D eigenvalue weighted by atomic mass is 10.0. The molecule has 0 bridgehead atoms. The average Bonchev–Trinajstić information content (AvgIpc) is 2.63. The third-order valence-electron chi connectivity index (χ3n) is 2.96. The summed E-state index contributed by atoms with van der Waals surface area (Å²) in [7, 11) is 0. The number of carbonyl (C=O) groups is 1. The van der Waals surface area contributed by atoms with Gasteiger partial charge in [0.05, 0.1) is 5.56 Å². The number of benzene rings is 2. The minimum atomic E-state index is -0.410. The molecule has 1 aliphatic heterocycles.